The van der Waals surface area contributed by atoms with Crippen molar-refractivity contribution in [1.82, 2.24) is 9.38 Å². The Morgan fingerprint density at radius 1 is 1.56 bits per heavy atom. The molecule has 0 saturated heterocycles. The van der Waals surface area contributed by atoms with Gasteiger partial charge in [-0.15, -0.1) is 0 Å². The van der Waals surface area contributed by atoms with E-state index >= 15 is 0 Å². The van der Waals surface area contributed by atoms with Crippen LogP contribution in [0.3, 0.4) is 0 Å². The number of hydrogen-bond acceptors (Lipinski definition) is 5. The van der Waals surface area contributed by atoms with E-state index in [0.29, 0.717) is 18.7 Å². The maximum Gasteiger partial charge on any atom is 0.339 e. The maximum atomic E-state index is 11.6. The summed E-state index contributed by atoms with van der Waals surface area (Å²) < 4.78 is 6.53. The van der Waals surface area contributed by atoms with Gasteiger partial charge in [0, 0.05) is 25.5 Å². The SMILES string of the molecule is COC(=O)c1cc(NCCN)c2nc(C)cn2c1. The number of imidazole rings is 1. The Balaban J connectivity index is 2.52. The number of nitrogens with two attached hydrogens (primary N) is 1. The van der Waals surface area contributed by atoms with Crippen LogP contribution < -0.4 is 11.1 Å². The van der Waals surface area contributed by atoms with E-state index in [1.807, 2.05) is 13.1 Å². The van der Waals surface area contributed by atoms with Gasteiger partial charge >= 0.3 is 5.97 Å². The van der Waals surface area contributed by atoms with Crippen molar-refractivity contribution in [1.29, 1.82) is 0 Å². The van der Waals surface area contributed by atoms with Gasteiger partial charge in [0.2, 0.25) is 0 Å². The van der Waals surface area contributed by atoms with Crippen molar-refractivity contribution in [3.05, 3.63) is 29.7 Å². The molecular formula is C12H16N4O2. The maximum absolute atomic E-state index is 11.6. The third kappa shape index (κ3) is 2.28. The molecule has 0 saturated carbocycles. The van der Waals surface area contributed by atoms with Gasteiger partial charge in [0.05, 0.1) is 24.1 Å². The van der Waals surface area contributed by atoms with Crippen molar-refractivity contribution in [3.63, 3.8) is 0 Å². The molecule has 6 heteroatoms. The molecule has 0 fully saturated rings. The highest BCUT2D eigenvalue weighted by atomic mass is 16.5. The van der Waals surface area contributed by atoms with E-state index in [9.17, 15) is 4.79 Å². The molecule has 0 bridgehead atoms. The average Bonchev–Trinajstić information content (AvgIpc) is 2.75. The number of nitrogens with zero attached hydrogens (tertiary/aromatic N) is 2. The van der Waals surface area contributed by atoms with E-state index in [2.05, 4.69) is 10.3 Å². The summed E-state index contributed by atoms with van der Waals surface area (Å²) in [5.74, 6) is -0.376. The van der Waals surface area contributed by atoms with Crippen LogP contribution in [0.2, 0.25) is 0 Å². The van der Waals surface area contributed by atoms with Crippen molar-refractivity contribution in [2.45, 2.75) is 6.92 Å². The highest BCUT2D eigenvalue weighted by Crippen LogP contribution is 2.19. The standard InChI is InChI=1S/C12H16N4O2/c1-8-6-16-7-9(12(17)18-2)5-10(11(16)15-8)14-4-3-13/h5-7,14H,3-4,13H2,1-2H3. The molecular weight excluding hydrogens is 232 g/mol. The minimum absolute atomic E-state index is 0.376. The number of carbonyl (C=O) groups excluding carboxylic acids is 1. The first-order chi connectivity index (χ1) is 8.65. The van der Waals surface area contributed by atoms with Crippen LogP contribution in [0.15, 0.2) is 18.5 Å². The van der Waals surface area contributed by atoms with Crippen LogP contribution >= 0.6 is 0 Å². The first-order valence-corrected chi connectivity index (χ1v) is 5.67. The third-order valence-corrected chi connectivity index (χ3v) is 2.55. The van der Waals surface area contributed by atoms with Crippen molar-refractivity contribution in [2.24, 2.45) is 5.73 Å². The van der Waals surface area contributed by atoms with Crippen LogP contribution in [0, 0.1) is 6.92 Å². The van der Waals surface area contributed by atoms with Gasteiger partial charge in [-0.05, 0) is 13.0 Å². The minimum atomic E-state index is -0.376. The summed E-state index contributed by atoms with van der Waals surface area (Å²) >= 11 is 0. The first-order valence-electron chi connectivity index (χ1n) is 5.67. The molecule has 96 valence electrons. The molecule has 6 nitrogen and oxygen atoms in total. The average molecular weight is 248 g/mol. The van der Waals surface area contributed by atoms with Gasteiger partial charge in [-0.25, -0.2) is 9.78 Å². The van der Waals surface area contributed by atoms with Crippen LogP contribution in [0.25, 0.3) is 5.65 Å². The minimum Gasteiger partial charge on any atom is -0.465 e. The molecule has 0 unspecified atom stereocenters. The lowest BCUT2D eigenvalue weighted by Gasteiger charge is -2.08. The Bertz CT molecular complexity index is 577. The molecule has 0 spiro atoms. The van der Waals surface area contributed by atoms with E-state index in [0.717, 1.165) is 17.0 Å². The number of methoxy groups -OCH3 is 1. The smallest absolute Gasteiger partial charge is 0.339 e. The molecule has 0 amide bonds. The predicted molar refractivity (Wildman–Crippen MR) is 68.8 cm³/mol. The molecule has 2 aromatic rings. The van der Waals surface area contributed by atoms with Gasteiger partial charge < -0.3 is 20.2 Å². The second-order valence-corrected chi connectivity index (χ2v) is 3.96. The number of pyridine rings is 1. The quantitative estimate of drug-likeness (QED) is 0.782. The summed E-state index contributed by atoms with van der Waals surface area (Å²) in [6, 6.07) is 1.73. The molecule has 0 aliphatic rings. The molecule has 2 aromatic heterocycles. The first kappa shape index (κ1) is 12.4. The summed E-state index contributed by atoms with van der Waals surface area (Å²) in [5, 5.41) is 3.15. The van der Waals surface area contributed by atoms with E-state index in [1.54, 1.807) is 16.7 Å². The number of ether oxygens (including phenoxy) is 1. The molecule has 0 aliphatic carbocycles. The number of anilines is 1. The van der Waals surface area contributed by atoms with Gasteiger partial charge in [-0.1, -0.05) is 0 Å². The molecule has 3 N–H and O–H groups in total. The monoisotopic (exact) mass is 248 g/mol. The Morgan fingerprint density at radius 2 is 2.33 bits per heavy atom. The summed E-state index contributed by atoms with van der Waals surface area (Å²) in [5.41, 5.74) is 8.37. The zero-order chi connectivity index (χ0) is 13.1. The van der Waals surface area contributed by atoms with Gasteiger partial charge in [-0.2, -0.15) is 0 Å². The fourth-order valence-electron chi connectivity index (χ4n) is 1.79. The zero-order valence-electron chi connectivity index (χ0n) is 10.4. The van der Waals surface area contributed by atoms with Crippen molar-refractivity contribution >= 4 is 17.3 Å². The number of hydrogen-bond donors (Lipinski definition) is 2. The molecule has 0 radical (unpaired) electrons. The van der Waals surface area contributed by atoms with Crippen molar-refractivity contribution < 1.29 is 9.53 Å². The zero-order valence-corrected chi connectivity index (χ0v) is 10.4. The normalized spacial score (nSPS) is 10.6. The Kier molecular flexibility index (Phi) is 3.47. The van der Waals surface area contributed by atoms with E-state index in [1.165, 1.54) is 7.11 Å². The van der Waals surface area contributed by atoms with Crippen LogP contribution in [-0.2, 0) is 4.74 Å². The Hall–Kier alpha value is -2.08. The number of carbonyl (C=O) groups is 1. The van der Waals surface area contributed by atoms with Crippen LogP contribution in [0.4, 0.5) is 5.69 Å². The van der Waals surface area contributed by atoms with E-state index in [-0.39, 0.29) is 5.97 Å². The van der Waals surface area contributed by atoms with E-state index < -0.39 is 0 Å². The lowest BCUT2D eigenvalue weighted by Crippen LogP contribution is -2.14. The van der Waals surface area contributed by atoms with Gasteiger partial charge in [0.15, 0.2) is 5.65 Å². The van der Waals surface area contributed by atoms with Gasteiger partial charge in [0.25, 0.3) is 0 Å². The summed E-state index contributed by atoms with van der Waals surface area (Å²) in [7, 11) is 1.36. The van der Waals surface area contributed by atoms with Crippen molar-refractivity contribution in [2.75, 3.05) is 25.5 Å². The summed E-state index contributed by atoms with van der Waals surface area (Å²) in [6.45, 7) is 3.03. The predicted octanol–water partition coefficient (Wildman–Crippen LogP) is 0.800. The lowest BCUT2D eigenvalue weighted by atomic mass is 10.2. The summed E-state index contributed by atoms with van der Waals surface area (Å²) in [4.78, 5) is 16.0. The fourth-order valence-corrected chi connectivity index (χ4v) is 1.79. The Morgan fingerprint density at radius 3 is 3.00 bits per heavy atom. The van der Waals surface area contributed by atoms with Gasteiger partial charge in [-0.3, -0.25) is 0 Å². The number of rotatable bonds is 4. The molecule has 0 aromatic carbocycles. The highest BCUT2D eigenvalue weighted by Gasteiger charge is 2.12. The lowest BCUT2D eigenvalue weighted by molar-refractivity contribution is 0.0600. The summed E-state index contributed by atoms with van der Waals surface area (Å²) in [6.07, 6.45) is 3.56. The molecule has 18 heavy (non-hydrogen) atoms. The topological polar surface area (TPSA) is 81.6 Å². The van der Waals surface area contributed by atoms with Gasteiger partial charge in [0.1, 0.15) is 0 Å². The number of nitrogens with one attached hydrogen (secondary N) is 1. The van der Waals surface area contributed by atoms with Crippen LogP contribution in [-0.4, -0.2) is 35.6 Å². The second-order valence-electron chi connectivity index (χ2n) is 3.96. The molecule has 2 heterocycles. The van der Waals surface area contributed by atoms with Crippen LogP contribution in [0.5, 0.6) is 0 Å². The fraction of sp³-hybridized carbons (Fsp3) is 0.333. The number of aryl methyl sites for hydroxylation is 1. The number of fused-ring (bicyclic) bond motifs is 1. The van der Waals surface area contributed by atoms with Crippen LogP contribution in [0.1, 0.15) is 16.1 Å². The molecule has 0 aliphatic heterocycles. The number of esters is 1. The molecule has 0 atom stereocenters. The largest absolute Gasteiger partial charge is 0.465 e. The number of aromatic nitrogens is 2. The highest BCUT2D eigenvalue weighted by molar-refractivity contribution is 5.91. The Labute approximate surface area is 105 Å². The third-order valence-electron chi connectivity index (χ3n) is 2.55. The van der Waals surface area contributed by atoms with Crippen molar-refractivity contribution in [3.8, 4) is 0 Å². The van der Waals surface area contributed by atoms with E-state index in [4.69, 9.17) is 10.5 Å². The second kappa shape index (κ2) is 5.05. The molecule has 2 rings (SSSR count).